The van der Waals surface area contributed by atoms with Gasteiger partial charge in [-0.25, -0.2) is 0 Å². The van der Waals surface area contributed by atoms with Gasteiger partial charge >= 0.3 is 6.18 Å². The van der Waals surface area contributed by atoms with Crippen LogP contribution in [0.15, 0.2) is 11.4 Å². The average molecular weight is 388 g/mol. The fraction of sp³-hybridized carbons (Fsp3) is 0.667. The smallest absolute Gasteiger partial charge is 0.353 e. The number of hydrogen-bond donors (Lipinski definition) is 1. The summed E-state index contributed by atoms with van der Waals surface area (Å²) in [6.45, 7) is 1.19. The topological polar surface area (TPSA) is 49.4 Å². The van der Waals surface area contributed by atoms with E-state index >= 15 is 0 Å². The molecule has 1 aromatic heterocycles. The summed E-state index contributed by atoms with van der Waals surface area (Å²) in [7, 11) is 0. The zero-order valence-corrected chi connectivity index (χ0v) is 15.3. The van der Waals surface area contributed by atoms with Crippen molar-refractivity contribution in [2.75, 3.05) is 6.54 Å². The van der Waals surface area contributed by atoms with Crippen molar-refractivity contribution < 1.29 is 22.8 Å². The minimum atomic E-state index is -4.29. The van der Waals surface area contributed by atoms with Gasteiger partial charge in [0, 0.05) is 36.9 Å². The lowest BCUT2D eigenvalue weighted by Gasteiger charge is -2.33. The summed E-state index contributed by atoms with van der Waals surface area (Å²) in [5.74, 6) is -2.06. The molecule has 1 aromatic rings. The highest BCUT2D eigenvalue weighted by Gasteiger charge is 2.45. The molecular weight excluding hydrogens is 365 g/mol. The van der Waals surface area contributed by atoms with Gasteiger partial charge in [0.25, 0.3) is 0 Å². The maximum absolute atomic E-state index is 13.1. The second-order valence-corrected chi connectivity index (χ2v) is 8.04. The summed E-state index contributed by atoms with van der Waals surface area (Å²) in [6.07, 6.45) is -1.87. The van der Waals surface area contributed by atoms with Gasteiger partial charge in [-0.15, -0.1) is 11.3 Å². The minimum absolute atomic E-state index is 0.0364. The largest absolute Gasteiger partial charge is 0.393 e. The Morgan fingerprint density at radius 2 is 2.00 bits per heavy atom. The van der Waals surface area contributed by atoms with E-state index in [1.165, 1.54) is 4.88 Å². The van der Waals surface area contributed by atoms with E-state index in [1.807, 2.05) is 11.4 Å². The van der Waals surface area contributed by atoms with Crippen LogP contribution >= 0.6 is 11.3 Å². The monoisotopic (exact) mass is 388 g/mol. The normalized spacial score (nSPS) is 23.4. The summed E-state index contributed by atoms with van der Waals surface area (Å²) >= 11 is 1.68. The van der Waals surface area contributed by atoms with Crippen LogP contribution in [-0.2, 0) is 22.6 Å². The van der Waals surface area contributed by atoms with E-state index in [4.69, 9.17) is 0 Å². The maximum Gasteiger partial charge on any atom is 0.393 e. The number of thiophene rings is 1. The lowest BCUT2D eigenvalue weighted by Crippen LogP contribution is -2.47. The van der Waals surface area contributed by atoms with Gasteiger partial charge in [0.1, 0.15) is 0 Å². The highest BCUT2D eigenvalue weighted by molar-refractivity contribution is 7.10. The lowest BCUT2D eigenvalue weighted by atomic mass is 9.84. The van der Waals surface area contributed by atoms with Crippen molar-refractivity contribution in [3.8, 4) is 0 Å². The van der Waals surface area contributed by atoms with Gasteiger partial charge in [-0.3, -0.25) is 9.59 Å². The molecule has 8 heteroatoms. The van der Waals surface area contributed by atoms with E-state index in [-0.39, 0.29) is 25.2 Å². The quantitative estimate of drug-likeness (QED) is 0.856. The van der Waals surface area contributed by atoms with E-state index in [1.54, 1.807) is 16.2 Å². The minimum Gasteiger partial charge on any atom is -0.353 e. The molecule has 1 N–H and O–H groups in total. The summed E-state index contributed by atoms with van der Waals surface area (Å²) in [6, 6.07) is 1.14. The number of nitrogens with one attached hydrogen (secondary N) is 1. The van der Waals surface area contributed by atoms with E-state index in [2.05, 4.69) is 5.32 Å². The molecule has 2 heterocycles. The van der Waals surface area contributed by atoms with Gasteiger partial charge in [0.2, 0.25) is 11.8 Å². The molecule has 2 aliphatic rings. The Bertz CT molecular complexity index is 659. The van der Waals surface area contributed by atoms with Gasteiger partial charge < -0.3 is 10.2 Å². The number of carbonyl (C=O) groups is 2. The van der Waals surface area contributed by atoms with Crippen molar-refractivity contribution in [3.05, 3.63) is 21.9 Å². The van der Waals surface area contributed by atoms with E-state index in [0.29, 0.717) is 32.4 Å². The van der Waals surface area contributed by atoms with Crippen LogP contribution < -0.4 is 5.32 Å². The molecule has 1 saturated carbocycles. The summed E-state index contributed by atoms with van der Waals surface area (Å²) in [4.78, 5) is 27.4. The first-order valence-corrected chi connectivity index (χ1v) is 9.91. The molecule has 1 aliphatic carbocycles. The number of hydrogen-bond acceptors (Lipinski definition) is 3. The molecule has 2 amide bonds. The number of carbonyl (C=O) groups excluding carboxylic acids is 2. The Kier molecular flexibility index (Phi) is 5.89. The number of nitrogens with zero attached hydrogens (tertiary/aromatic N) is 1. The molecule has 1 fully saturated rings. The molecule has 0 spiro atoms. The Morgan fingerprint density at radius 3 is 2.77 bits per heavy atom. The van der Waals surface area contributed by atoms with Gasteiger partial charge in [0.15, 0.2) is 0 Å². The van der Waals surface area contributed by atoms with Crippen molar-refractivity contribution in [2.45, 2.75) is 63.7 Å². The predicted octanol–water partition coefficient (Wildman–Crippen LogP) is 3.65. The number of amides is 2. The van der Waals surface area contributed by atoms with Crippen molar-refractivity contribution in [2.24, 2.45) is 5.92 Å². The molecular formula is C18H23F3N2O2S. The van der Waals surface area contributed by atoms with Crippen LogP contribution in [0, 0.1) is 5.92 Å². The number of fused-ring (bicyclic) bond motifs is 1. The molecule has 0 bridgehead atoms. The molecule has 26 heavy (non-hydrogen) atoms. The van der Waals surface area contributed by atoms with Gasteiger partial charge in [-0.05, 0) is 36.3 Å². The molecule has 1 aliphatic heterocycles. The lowest BCUT2D eigenvalue weighted by molar-refractivity contribution is -0.189. The van der Waals surface area contributed by atoms with Crippen molar-refractivity contribution in [3.63, 3.8) is 0 Å². The molecule has 4 nitrogen and oxygen atoms in total. The van der Waals surface area contributed by atoms with Crippen molar-refractivity contribution in [1.29, 1.82) is 0 Å². The average Bonchev–Trinajstić information content (AvgIpc) is 3.07. The van der Waals surface area contributed by atoms with Crippen LogP contribution in [0.25, 0.3) is 0 Å². The second kappa shape index (κ2) is 7.98. The maximum atomic E-state index is 13.1. The van der Waals surface area contributed by atoms with Gasteiger partial charge in [-0.1, -0.05) is 12.8 Å². The first-order valence-electron chi connectivity index (χ1n) is 9.03. The third kappa shape index (κ3) is 4.58. The Balaban J connectivity index is 1.47. The molecule has 2 atom stereocenters. The summed E-state index contributed by atoms with van der Waals surface area (Å²) in [5, 5.41) is 4.52. The van der Waals surface area contributed by atoms with E-state index in [9.17, 15) is 22.8 Å². The third-order valence-electron chi connectivity index (χ3n) is 5.26. The molecule has 144 valence electrons. The highest BCUT2D eigenvalue weighted by atomic mass is 32.1. The van der Waals surface area contributed by atoms with E-state index < -0.39 is 24.0 Å². The summed E-state index contributed by atoms with van der Waals surface area (Å²) < 4.78 is 39.2. The van der Waals surface area contributed by atoms with Crippen LogP contribution in [0.5, 0.6) is 0 Å². The van der Waals surface area contributed by atoms with Gasteiger partial charge in [0.05, 0.1) is 5.92 Å². The van der Waals surface area contributed by atoms with Crippen LogP contribution in [0.2, 0.25) is 0 Å². The molecule has 3 rings (SSSR count). The molecule has 0 saturated heterocycles. The van der Waals surface area contributed by atoms with Crippen molar-refractivity contribution >= 4 is 23.2 Å². The molecule has 2 unspecified atom stereocenters. The fourth-order valence-corrected chi connectivity index (χ4v) is 4.70. The second-order valence-electron chi connectivity index (χ2n) is 7.04. The van der Waals surface area contributed by atoms with Crippen LogP contribution in [0.1, 0.15) is 49.0 Å². The van der Waals surface area contributed by atoms with E-state index in [0.717, 1.165) is 12.0 Å². The Hall–Kier alpha value is -1.57. The number of rotatable bonds is 4. The fourth-order valence-electron chi connectivity index (χ4n) is 3.81. The molecule has 0 aromatic carbocycles. The Morgan fingerprint density at radius 1 is 1.23 bits per heavy atom. The van der Waals surface area contributed by atoms with Crippen LogP contribution in [0.4, 0.5) is 13.2 Å². The highest BCUT2D eigenvalue weighted by Crippen LogP contribution is 2.37. The molecule has 0 radical (unpaired) electrons. The zero-order chi connectivity index (χ0) is 18.7. The standard InChI is InChI=1S/C18H23F3N2O2S/c19-18(20,21)13-3-1-2-4-14(13)22-16(24)5-6-17(25)23-9-7-15-12(11-23)8-10-26-15/h8,10,13-14H,1-7,9,11H2,(H,22,24). The zero-order valence-electron chi connectivity index (χ0n) is 14.5. The number of halogens is 3. The van der Waals surface area contributed by atoms with Crippen molar-refractivity contribution in [1.82, 2.24) is 10.2 Å². The summed E-state index contributed by atoms with van der Waals surface area (Å²) in [5.41, 5.74) is 1.15. The Labute approximate surface area is 154 Å². The SMILES string of the molecule is O=C(CCC(=O)N1CCc2sccc2C1)NC1CCCCC1C(F)(F)F. The first kappa shape index (κ1) is 19.2. The number of alkyl halides is 3. The van der Waals surface area contributed by atoms with Crippen LogP contribution in [-0.4, -0.2) is 35.5 Å². The predicted molar refractivity (Wildman–Crippen MR) is 92.6 cm³/mol. The van der Waals surface area contributed by atoms with Crippen LogP contribution in [0.3, 0.4) is 0 Å². The van der Waals surface area contributed by atoms with Gasteiger partial charge in [-0.2, -0.15) is 13.2 Å². The first-order chi connectivity index (χ1) is 12.3. The third-order valence-corrected chi connectivity index (χ3v) is 6.28.